The Morgan fingerprint density at radius 3 is 2.04 bits per heavy atom. The predicted octanol–water partition coefficient (Wildman–Crippen LogP) is 1.94. The lowest BCUT2D eigenvalue weighted by Gasteiger charge is -2.09. The highest BCUT2D eigenvalue weighted by atomic mass is 32.1. The summed E-state index contributed by atoms with van der Waals surface area (Å²) < 4.78 is 5.59. The smallest absolute Gasteiger partial charge is 0.186 e. The molecule has 0 spiro atoms. The number of aryl methyl sites for hydroxylation is 2. The summed E-state index contributed by atoms with van der Waals surface area (Å²) in [4.78, 5) is 0. The fourth-order valence-corrected chi connectivity index (χ4v) is 2.28. The second kappa shape index (κ2) is 9.99. The van der Waals surface area contributed by atoms with Crippen molar-refractivity contribution in [3.63, 3.8) is 0 Å². The third kappa shape index (κ3) is 6.25. The molecule has 1 aromatic heterocycles. The van der Waals surface area contributed by atoms with E-state index < -0.39 is 0 Å². The molecule has 0 atom stereocenters. The summed E-state index contributed by atoms with van der Waals surface area (Å²) in [5.41, 5.74) is 7.73. The first-order chi connectivity index (χ1) is 11.4. The first-order valence-electron chi connectivity index (χ1n) is 7.66. The topological polar surface area (TPSA) is 86.0 Å². The van der Waals surface area contributed by atoms with E-state index in [0.29, 0.717) is 28.2 Å². The molecule has 0 saturated carbocycles. The van der Waals surface area contributed by atoms with E-state index in [2.05, 4.69) is 31.7 Å². The molecule has 0 aliphatic carbocycles. The highest BCUT2D eigenvalue weighted by Gasteiger charge is 2.15. The predicted molar refractivity (Wildman–Crippen MR) is 107 cm³/mol. The zero-order chi connectivity index (χ0) is 18.1. The molecular weight excluding hydrogens is 344 g/mol. The Morgan fingerprint density at radius 1 is 1.04 bits per heavy atom. The lowest BCUT2D eigenvalue weighted by molar-refractivity contribution is 0.504. The summed E-state index contributed by atoms with van der Waals surface area (Å²) in [5.74, 6) is 1.56. The number of furan rings is 1. The summed E-state index contributed by atoms with van der Waals surface area (Å²) in [6.45, 7) is 11.0. The van der Waals surface area contributed by atoms with Crippen molar-refractivity contribution < 1.29 is 4.42 Å². The van der Waals surface area contributed by atoms with Crippen LogP contribution in [0.25, 0.3) is 0 Å². The zero-order valence-corrected chi connectivity index (χ0v) is 16.2. The minimum atomic E-state index is 0.441. The van der Waals surface area contributed by atoms with Crippen molar-refractivity contribution in [2.75, 3.05) is 13.1 Å². The number of nitrogens with zero attached hydrogens (tertiary/aromatic N) is 2. The molecule has 0 radical (unpaired) electrons. The van der Waals surface area contributed by atoms with Gasteiger partial charge in [0.15, 0.2) is 10.2 Å². The lowest BCUT2D eigenvalue weighted by Crippen LogP contribution is -2.34. The van der Waals surface area contributed by atoms with Gasteiger partial charge in [-0.15, -0.1) is 0 Å². The van der Waals surface area contributed by atoms with Gasteiger partial charge in [0.25, 0.3) is 0 Å². The molecule has 132 valence electrons. The SMILES string of the molecule is CCNC(=S)N/N=C(C)/C(=N/NC(=S)NCC)c1cc(C)oc1C. The maximum absolute atomic E-state index is 5.59. The number of hydrogen-bond acceptors (Lipinski definition) is 5. The molecule has 0 fully saturated rings. The number of hydrazone groups is 2. The van der Waals surface area contributed by atoms with Crippen molar-refractivity contribution in [1.82, 2.24) is 21.5 Å². The van der Waals surface area contributed by atoms with E-state index in [-0.39, 0.29) is 0 Å². The molecule has 0 amide bonds. The van der Waals surface area contributed by atoms with E-state index in [1.807, 2.05) is 40.7 Å². The van der Waals surface area contributed by atoms with Crippen molar-refractivity contribution in [2.45, 2.75) is 34.6 Å². The molecule has 0 saturated heterocycles. The first-order valence-corrected chi connectivity index (χ1v) is 8.48. The molecule has 1 heterocycles. The monoisotopic (exact) mass is 368 g/mol. The normalized spacial score (nSPS) is 11.9. The molecule has 9 heteroatoms. The molecule has 7 nitrogen and oxygen atoms in total. The summed E-state index contributed by atoms with van der Waals surface area (Å²) in [5, 5.41) is 15.5. The van der Waals surface area contributed by atoms with Crippen LogP contribution in [0.5, 0.6) is 0 Å². The van der Waals surface area contributed by atoms with Crippen LogP contribution in [-0.2, 0) is 0 Å². The van der Waals surface area contributed by atoms with Crippen LogP contribution in [0.15, 0.2) is 20.7 Å². The van der Waals surface area contributed by atoms with Gasteiger partial charge < -0.3 is 15.1 Å². The lowest BCUT2D eigenvalue weighted by atomic mass is 10.1. The Hall–Kier alpha value is -2.00. The van der Waals surface area contributed by atoms with Crippen molar-refractivity contribution in [1.29, 1.82) is 0 Å². The van der Waals surface area contributed by atoms with Crippen LogP contribution < -0.4 is 21.5 Å². The Morgan fingerprint density at radius 2 is 1.58 bits per heavy atom. The maximum atomic E-state index is 5.59. The standard InChI is InChI=1S/C15H24N6OS2/c1-6-16-14(23)20-18-10(4)13(19-21-15(24)17-7-2)12-8-9(3)22-11(12)5/h8H,6-7H2,1-5H3,(H2,16,20,23)(H2,17,21,24)/b18-10+,19-13-. The molecule has 1 rings (SSSR count). The molecule has 24 heavy (non-hydrogen) atoms. The number of nitrogens with one attached hydrogen (secondary N) is 4. The van der Waals surface area contributed by atoms with Crippen LogP contribution in [0.4, 0.5) is 0 Å². The minimum Gasteiger partial charge on any atom is -0.466 e. The molecule has 0 aromatic carbocycles. The van der Waals surface area contributed by atoms with Gasteiger partial charge in [-0.25, -0.2) is 0 Å². The summed E-state index contributed by atoms with van der Waals surface area (Å²) >= 11 is 10.3. The average Bonchev–Trinajstić information content (AvgIpc) is 2.84. The van der Waals surface area contributed by atoms with Crippen LogP contribution in [0.1, 0.15) is 37.9 Å². The summed E-state index contributed by atoms with van der Waals surface area (Å²) in [7, 11) is 0. The van der Waals surface area contributed by atoms with Crippen LogP contribution in [0.2, 0.25) is 0 Å². The minimum absolute atomic E-state index is 0.441. The average molecular weight is 369 g/mol. The second-order valence-electron chi connectivity index (χ2n) is 4.93. The third-order valence-electron chi connectivity index (χ3n) is 2.91. The van der Waals surface area contributed by atoms with Gasteiger partial charge in [-0.05, 0) is 65.1 Å². The van der Waals surface area contributed by atoms with E-state index >= 15 is 0 Å². The molecular formula is C15H24N6OS2. The highest BCUT2D eigenvalue weighted by Crippen LogP contribution is 2.15. The van der Waals surface area contributed by atoms with Crippen molar-refractivity contribution >= 4 is 46.1 Å². The summed E-state index contributed by atoms with van der Waals surface area (Å²) in [6, 6.07) is 1.91. The van der Waals surface area contributed by atoms with E-state index in [9.17, 15) is 0 Å². The van der Waals surface area contributed by atoms with Gasteiger partial charge in [-0.1, -0.05) is 0 Å². The van der Waals surface area contributed by atoms with Crippen LogP contribution in [0.3, 0.4) is 0 Å². The third-order valence-corrected chi connectivity index (χ3v) is 3.38. The van der Waals surface area contributed by atoms with Crippen molar-refractivity contribution in [2.24, 2.45) is 10.2 Å². The molecule has 0 aliphatic rings. The number of hydrogen-bond donors (Lipinski definition) is 4. The van der Waals surface area contributed by atoms with Gasteiger partial charge in [-0.3, -0.25) is 10.9 Å². The molecule has 0 aliphatic heterocycles. The number of rotatable bonds is 6. The van der Waals surface area contributed by atoms with Crippen molar-refractivity contribution in [3.8, 4) is 0 Å². The van der Waals surface area contributed by atoms with Gasteiger partial charge >= 0.3 is 0 Å². The highest BCUT2D eigenvalue weighted by molar-refractivity contribution is 7.80. The van der Waals surface area contributed by atoms with E-state index in [1.165, 1.54) is 0 Å². The second-order valence-corrected chi connectivity index (χ2v) is 5.74. The fraction of sp³-hybridized carbons (Fsp3) is 0.467. The molecule has 1 aromatic rings. The van der Waals surface area contributed by atoms with Crippen LogP contribution in [0, 0.1) is 13.8 Å². The van der Waals surface area contributed by atoms with Gasteiger partial charge in [-0.2, -0.15) is 10.2 Å². The fourth-order valence-electron chi connectivity index (χ4n) is 1.90. The molecule has 0 bridgehead atoms. The van der Waals surface area contributed by atoms with Crippen LogP contribution in [-0.4, -0.2) is 34.7 Å². The maximum Gasteiger partial charge on any atom is 0.186 e. The summed E-state index contributed by atoms with van der Waals surface area (Å²) in [6.07, 6.45) is 0. The first kappa shape index (κ1) is 20.0. The van der Waals surface area contributed by atoms with E-state index in [4.69, 9.17) is 28.9 Å². The van der Waals surface area contributed by atoms with Gasteiger partial charge in [0.05, 0.1) is 5.71 Å². The Kier molecular flexibility index (Phi) is 8.34. The number of thiocarbonyl (C=S) groups is 2. The van der Waals surface area contributed by atoms with Gasteiger partial charge in [0, 0.05) is 18.7 Å². The molecule has 4 N–H and O–H groups in total. The largest absolute Gasteiger partial charge is 0.466 e. The molecule has 0 unspecified atom stereocenters. The Balaban J connectivity index is 3.06. The van der Waals surface area contributed by atoms with Crippen LogP contribution >= 0.6 is 24.4 Å². The Bertz CT molecular complexity index is 650. The van der Waals surface area contributed by atoms with Crippen molar-refractivity contribution in [3.05, 3.63) is 23.2 Å². The Labute approximate surface area is 153 Å². The quantitative estimate of drug-likeness (QED) is 0.347. The van der Waals surface area contributed by atoms with Gasteiger partial charge in [0.2, 0.25) is 0 Å². The zero-order valence-electron chi connectivity index (χ0n) is 14.6. The van der Waals surface area contributed by atoms with E-state index in [1.54, 1.807) is 0 Å². The van der Waals surface area contributed by atoms with Gasteiger partial charge in [0.1, 0.15) is 17.2 Å². The van der Waals surface area contributed by atoms with E-state index in [0.717, 1.165) is 23.6 Å².